The predicted octanol–water partition coefficient (Wildman–Crippen LogP) is 4.12. The molecular formula is C27H29N7O. The number of benzene rings is 2. The molecule has 8 heteroatoms. The number of carbonyl (C=O) groups excluding carboxylic acids is 1. The zero-order valence-corrected chi connectivity index (χ0v) is 20.1. The van der Waals surface area contributed by atoms with Crippen molar-refractivity contribution in [1.82, 2.24) is 30.0 Å². The van der Waals surface area contributed by atoms with Crippen LogP contribution >= 0.6 is 0 Å². The van der Waals surface area contributed by atoms with E-state index in [0.717, 1.165) is 36.6 Å². The van der Waals surface area contributed by atoms with Gasteiger partial charge in [-0.3, -0.25) is 9.80 Å². The van der Waals surface area contributed by atoms with E-state index in [2.05, 4.69) is 69.7 Å². The molecule has 35 heavy (non-hydrogen) atoms. The maximum Gasteiger partial charge on any atom is 0.322 e. The number of aromatic nitrogens is 4. The molecule has 1 aliphatic heterocycles. The van der Waals surface area contributed by atoms with Crippen molar-refractivity contribution in [3.63, 3.8) is 0 Å². The van der Waals surface area contributed by atoms with Gasteiger partial charge in [0.15, 0.2) is 0 Å². The highest BCUT2D eigenvalue weighted by Gasteiger charge is 2.50. The van der Waals surface area contributed by atoms with E-state index in [4.69, 9.17) is 0 Å². The molecular weight excluding hydrogens is 438 g/mol. The first-order chi connectivity index (χ1) is 17.0. The molecule has 1 aliphatic carbocycles. The number of rotatable bonds is 4. The van der Waals surface area contributed by atoms with E-state index in [1.165, 1.54) is 5.56 Å². The summed E-state index contributed by atoms with van der Waals surface area (Å²) in [6.45, 7) is 0.623. The highest BCUT2D eigenvalue weighted by molar-refractivity contribution is 5.95. The lowest BCUT2D eigenvalue weighted by molar-refractivity contribution is 0.0658. The van der Waals surface area contributed by atoms with Crippen molar-refractivity contribution in [2.75, 3.05) is 25.5 Å². The van der Waals surface area contributed by atoms with Gasteiger partial charge in [-0.05, 0) is 51.4 Å². The van der Waals surface area contributed by atoms with Gasteiger partial charge in [0.25, 0.3) is 5.95 Å². The Labute approximate surface area is 204 Å². The second-order valence-electron chi connectivity index (χ2n) is 9.95. The maximum atomic E-state index is 13.0. The molecule has 2 aromatic heterocycles. The molecule has 178 valence electrons. The summed E-state index contributed by atoms with van der Waals surface area (Å²) in [5, 5.41) is 8.76. The molecule has 1 spiro atoms. The van der Waals surface area contributed by atoms with Crippen LogP contribution in [-0.4, -0.2) is 56.9 Å². The van der Waals surface area contributed by atoms with E-state index < -0.39 is 0 Å². The fourth-order valence-corrected chi connectivity index (χ4v) is 5.78. The fraction of sp³-hybridized carbons (Fsp3) is 0.333. The van der Waals surface area contributed by atoms with E-state index in [1.807, 2.05) is 24.3 Å². The van der Waals surface area contributed by atoms with Crippen LogP contribution in [0.25, 0.3) is 16.9 Å². The second-order valence-corrected chi connectivity index (χ2v) is 9.95. The summed E-state index contributed by atoms with van der Waals surface area (Å²) in [7, 11) is 4.32. The van der Waals surface area contributed by atoms with E-state index in [1.54, 1.807) is 28.2 Å². The highest BCUT2D eigenvalue weighted by atomic mass is 16.2. The normalized spacial score (nSPS) is 24.4. The van der Waals surface area contributed by atoms with Crippen LogP contribution in [-0.2, 0) is 5.54 Å². The smallest absolute Gasteiger partial charge is 0.322 e. The molecule has 1 saturated carbocycles. The van der Waals surface area contributed by atoms with Crippen LogP contribution in [0.1, 0.15) is 31.2 Å². The SMILES string of the molecule is CN(C)[C@]1(c2ccccc2)CC[C@]2(CC1)CN(c1cnc(-n3ncc4ccccc43)nc1)C(=O)N2. The molecule has 0 unspecified atom stereocenters. The van der Waals surface area contributed by atoms with Crippen molar-refractivity contribution in [2.24, 2.45) is 0 Å². The van der Waals surface area contributed by atoms with Crippen molar-refractivity contribution in [1.29, 1.82) is 0 Å². The van der Waals surface area contributed by atoms with Crippen LogP contribution in [0.5, 0.6) is 0 Å². The minimum Gasteiger partial charge on any atom is -0.330 e. The number of amides is 2. The monoisotopic (exact) mass is 467 g/mol. The molecule has 8 nitrogen and oxygen atoms in total. The Morgan fingerprint density at radius 3 is 2.29 bits per heavy atom. The summed E-state index contributed by atoms with van der Waals surface area (Å²) in [5.74, 6) is 0.487. The van der Waals surface area contributed by atoms with Crippen LogP contribution < -0.4 is 10.2 Å². The van der Waals surface area contributed by atoms with Gasteiger partial charge in [-0.1, -0.05) is 48.5 Å². The van der Waals surface area contributed by atoms with Gasteiger partial charge in [-0.15, -0.1) is 0 Å². The Balaban J connectivity index is 1.21. The van der Waals surface area contributed by atoms with Crippen LogP contribution in [0.4, 0.5) is 10.5 Å². The molecule has 0 atom stereocenters. The summed E-state index contributed by atoms with van der Waals surface area (Å²) >= 11 is 0. The Bertz CT molecular complexity index is 1360. The molecule has 1 saturated heterocycles. The maximum absolute atomic E-state index is 13.0. The van der Waals surface area contributed by atoms with E-state index >= 15 is 0 Å². The van der Waals surface area contributed by atoms with Gasteiger partial charge in [0.1, 0.15) is 0 Å². The second kappa shape index (κ2) is 8.16. The molecule has 6 rings (SSSR count). The van der Waals surface area contributed by atoms with E-state index in [9.17, 15) is 4.79 Å². The number of fused-ring (bicyclic) bond motifs is 1. The minimum atomic E-state index is -0.234. The van der Waals surface area contributed by atoms with Gasteiger partial charge in [0.2, 0.25) is 0 Å². The Hall–Kier alpha value is -3.78. The van der Waals surface area contributed by atoms with Crippen molar-refractivity contribution in [3.8, 4) is 5.95 Å². The van der Waals surface area contributed by atoms with Gasteiger partial charge in [-0.2, -0.15) is 9.78 Å². The zero-order valence-electron chi connectivity index (χ0n) is 20.1. The first kappa shape index (κ1) is 21.7. The number of nitrogens with zero attached hydrogens (tertiary/aromatic N) is 6. The van der Waals surface area contributed by atoms with Crippen molar-refractivity contribution >= 4 is 22.6 Å². The molecule has 2 amide bonds. The van der Waals surface area contributed by atoms with Crippen LogP contribution in [0, 0.1) is 0 Å². The lowest BCUT2D eigenvalue weighted by Gasteiger charge is -2.48. The zero-order chi connectivity index (χ0) is 24.0. The number of hydrogen-bond donors (Lipinski definition) is 1. The van der Waals surface area contributed by atoms with Gasteiger partial charge in [-0.25, -0.2) is 14.8 Å². The Kier molecular flexibility index (Phi) is 5.07. The van der Waals surface area contributed by atoms with Crippen molar-refractivity contribution in [2.45, 2.75) is 36.8 Å². The molecule has 4 aromatic rings. The third kappa shape index (κ3) is 3.56. The van der Waals surface area contributed by atoms with Crippen LogP contribution in [0.3, 0.4) is 0 Å². The van der Waals surface area contributed by atoms with Crippen LogP contribution in [0.15, 0.2) is 73.2 Å². The summed E-state index contributed by atoms with van der Waals surface area (Å²) in [6.07, 6.45) is 9.04. The number of para-hydroxylation sites is 1. The molecule has 2 aliphatic rings. The molecule has 1 N–H and O–H groups in total. The quantitative estimate of drug-likeness (QED) is 0.489. The molecule has 0 bridgehead atoms. The number of urea groups is 1. The lowest BCUT2D eigenvalue weighted by Crippen LogP contribution is -2.54. The van der Waals surface area contributed by atoms with Crippen molar-refractivity contribution in [3.05, 3.63) is 78.8 Å². The standard InChI is InChI=1S/C27H29N7O/c1-32(2)27(21-9-4-3-5-10-21)14-12-26(13-15-27)19-33(25(35)31-26)22-17-28-24(29-18-22)34-23-11-7-6-8-20(23)16-30-34/h3-11,16-18H,12-15,19H2,1-2H3,(H,31,35)/t26-,27+. The van der Waals surface area contributed by atoms with Gasteiger partial charge in [0.05, 0.1) is 41.9 Å². The average Bonchev–Trinajstić information content (AvgIpc) is 3.46. The molecule has 3 heterocycles. The number of nitrogens with one attached hydrogen (secondary N) is 1. The highest BCUT2D eigenvalue weighted by Crippen LogP contribution is 2.46. The number of anilines is 1. The summed E-state index contributed by atoms with van der Waals surface area (Å²) in [4.78, 5) is 26.2. The van der Waals surface area contributed by atoms with E-state index in [0.29, 0.717) is 18.2 Å². The topological polar surface area (TPSA) is 79.2 Å². The Morgan fingerprint density at radius 2 is 1.57 bits per heavy atom. The van der Waals surface area contributed by atoms with E-state index in [-0.39, 0.29) is 17.1 Å². The lowest BCUT2D eigenvalue weighted by atomic mass is 9.69. The van der Waals surface area contributed by atoms with Crippen LogP contribution in [0.2, 0.25) is 0 Å². The average molecular weight is 468 g/mol. The summed E-state index contributed by atoms with van der Waals surface area (Å²) in [6, 6.07) is 18.6. The van der Waals surface area contributed by atoms with Gasteiger partial charge < -0.3 is 5.32 Å². The first-order valence-corrected chi connectivity index (χ1v) is 12.1. The minimum absolute atomic E-state index is 0.0119. The fourth-order valence-electron chi connectivity index (χ4n) is 5.78. The third-order valence-corrected chi connectivity index (χ3v) is 7.88. The molecule has 2 fully saturated rings. The largest absolute Gasteiger partial charge is 0.330 e. The Morgan fingerprint density at radius 1 is 0.886 bits per heavy atom. The number of carbonyl (C=O) groups is 1. The summed E-state index contributed by atoms with van der Waals surface area (Å²) < 4.78 is 1.72. The van der Waals surface area contributed by atoms with Crippen molar-refractivity contribution < 1.29 is 4.79 Å². The summed E-state index contributed by atoms with van der Waals surface area (Å²) in [5.41, 5.74) is 2.75. The number of hydrogen-bond acceptors (Lipinski definition) is 5. The first-order valence-electron chi connectivity index (χ1n) is 12.1. The van der Waals surface area contributed by atoms with Gasteiger partial charge in [0, 0.05) is 10.9 Å². The molecule has 2 aromatic carbocycles. The predicted molar refractivity (Wildman–Crippen MR) is 136 cm³/mol. The third-order valence-electron chi connectivity index (χ3n) is 7.88. The van der Waals surface area contributed by atoms with Gasteiger partial charge >= 0.3 is 6.03 Å². The molecule has 0 radical (unpaired) electrons.